The number of nitrogens with zero attached hydrogens (tertiary/aromatic N) is 2. The normalized spacial score (nSPS) is 12.0. The van der Waals surface area contributed by atoms with E-state index in [1.165, 1.54) is 17.0 Å². The van der Waals surface area contributed by atoms with Crippen LogP contribution in [0.15, 0.2) is 77.7 Å². The minimum atomic E-state index is -4.15. The van der Waals surface area contributed by atoms with E-state index in [9.17, 15) is 18.0 Å². The van der Waals surface area contributed by atoms with Crippen LogP contribution in [0.1, 0.15) is 37.0 Å². The first kappa shape index (κ1) is 29.2. The quantitative estimate of drug-likeness (QED) is 0.357. The second kappa shape index (κ2) is 12.9. The molecule has 7 nitrogen and oxygen atoms in total. The van der Waals surface area contributed by atoms with Crippen LogP contribution in [-0.4, -0.2) is 44.3 Å². The zero-order chi connectivity index (χ0) is 27.9. The molecule has 0 saturated heterocycles. The van der Waals surface area contributed by atoms with Crippen molar-refractivity contribution >= 4 is 39.1 Å². The van der Waals surface area contributed by atoms with Gasteiger partial charge >= 0.3 is 0 Å². The molecule has 38 heavy (non-hydrogen) atoms. The molecule has 0 spiro atoms. The topological polar surface area (TPSA) is 86.8 Å². The van der Waals surface area contributed by atoms with Crippen molar-refractivity contribution in [3.05, 3.63) is 94.5 Å². The average Bonchev–Trinajstić information content (AvgIpc) is 2.91. The molecule has 0 unspecified atom stereocenters. The Hall–Kier alpha value is -3.36. The molecular formula is C29H34ClN3O4S. The van der Waals surface area contributed by atoms with Gasteiger partial charge in [-0.15, -0.1) is 0 Å². The summed E-state index contributed by atoms with van der Waals surface area (Å²) in [4.78, 5) is 28.2. The third-order valence-corrected chi connectivity index (χ3v) is 8.49. The summed E-state index contributed by atoms with van der Waals surface area (Å²) in [7, 11) is -4.15. The van der Waals surface area contributed by atoms with Crippen LogP contribution in [-0.2, 0) is 26.2 Å². The number of hydrogen-bond acceptors (Lipinski definition) is 4. The Morgan fingerprint density at radius 2 is 1.61 bits per heavy atom. The van der Waals surface area contributed by atoms with Crippen molar-refractivity contribution in [3.63, 3.8) is 0 Å². The predicted molar refractivity (Wildman–Crippen MR) is 152 cm³/mol. The molecule has 202 valence electrons. The Morgan fingerprint density at radius 3 is 2.24 bits per heavy atom. The van der Waals surface area contributed by atoms with Gasteiger partial charge in [0, 0.05) is 18.1 Å². The molecule has 0 aliphatic rings. The van der Waals surface area contributed by atoms with E-state index in [0.717, 1.165) is 21.9 Å². The molecule has 0 aliphatic heterocycles. The van der Waals surface area contributed by atoms with Crippen molar-refractivity contribution in [1.29, 1.82) is 0 Å². The van der Waals surface area contributed by atoms with Crippen molar-refractivity contribution < 1.29 is 18.0 Å². The van der Waals surface area contributed by atoms with Gasteiger partial charge in [-0.05, 0) is 62.6 Å². The van der Waals surface area contributed by atoms with Crippen LogP contribution < -0.4 is 9.62 Å². The molecule has 0 fully saturated rings. The van der Waals surface area contributed by atoms with Gasteiger partial charge in [0.1, 0.15) is 12.6 Å². The van der Waals surface area contributed by atoms with E-state index in [4.69, 9.17) is 11.6 Å². The Labute approximate surface area is 230 Å². The zero-order valence-corrected chi connectivity index (χ0v) is 23.7. The highest BCUT2D eigenvalue weighted by Crippen LogP contribution is 2.31. The maximum atomic E-state index is 13.9. The fourth-order valence-corrected chi connectivity index (χ4v) is 5.62. The van der Waals surface area contributed by atoms with Gasteiger partial charge in [-0.2, -0.15) is 0 Å². The third-order valence-electron chi connectivity index (χ3n) is 6.31. The van der Waals surface area contributed by atoms with Crippen LogP contribution >= 0.6 is 11.6 Å². The van der Waals surface area contributed by atoms with Crippen molar-refractivity contribution in [2.24, 2.45) is 0 Å². The Morgan fingerprint density at radius 1 is 0.947 bits per heavy atom. The van der Waals surface area contributed by atoms with Gasteiger partial charge in [0.05, 0.1) is 10.6 Å². The zero-order valence-electron chi connectivity index (χ0n) is 22.1. The van der Waals surface area contributed by atoms with Gasteiger partial charge in [0.25, 0.3) is 10.0 Å². The first-order valence-corrected chi connectivity index (χ1v) is 14.3. The van der Waals surface area contributed by atoms with Crippen LogP contribution in [0.2, 0.25) is 5.02 Å². The van der Waals surface area contributed by atoms with Gasteiger partial charge in [-0.3, -0.25) is 13.9 Å². The number of hydrogen-bond donors (Lipinski definition) is 1. The third kappa shape index (κ3) is 6.94. The number of rotatable bonds is 11. The summed E-state index contributed by atoms with van der Waals surface area (Å²) < 4.78 is 28.9. The van der Waals surface area contributed by atoms with Crippen LogP contribution in [0, 0.1) is 13.8 Å². The van der Waals surface area contributed by atoms with Gasteiger partial charge in [-0.25, -0.2) is 8.42 Å². The smallest absolute Gasteiger partial charge is 0.264 e. The molecule has 3 aromatic carbocycles. The average molecular weight is 556 g/mol. The number of halogens is 1. The van der Waals surface area contributed by atoms with Crippen LogP contribution in [0.4, 0.5) is 5.69 Å². The maximum absolute atomic E-state index is 13.9. The number of sulfonamides is 1. The molecule has 1 N–H and O–H groups in total. The van der Waals surface area contributed by atoms with Gasteiger partial charge in [0.15, 0.2) is 0 Å². The summed E-state index contributed by atoms with van der Waals surface area (Å²) >= 11 is 6.35. The number of benzene rings is 3. The molecule has 0 radical (unpaired) electrons. The van der Waals surface area contributed by atoms with Gasteiger partial charge < -0.3 is 10.2 Å². The van der Waals surface area contributed by atoms with E-state index >= 15 is 0 Å². The van der Waals surface area contributed by atoms with Gasteiger partial charge in [0.2, 0.25) is 11.8 Å². The molecule has 9 heteroatoms. The lowest BCUT2D eigenvalue weighted by Crippen LogP contribution is -2.51. The number of aryl methyl sites for hydroxylation is 1. The van der Waals surface area contributed by atoms with Crippen LogP contribution in [0.3, 0.4) is 0 Å². The van der Waals surface area contributed by atoms with E-state index in [2.05, 4.69) is 5.32 Å². The first-order chi connectivity index (χ1) is 18.1. The number of carbonyl (C=O) groups excluding carboxylic acids is 2. The highest BCUT2D eigenvalue weighted by atomic mass is 35.5. The number of carbonyl (C=O) groups is 2. The molecule has 3 aromatic rings. The molecule has 0 bridgehead atoms. The fourth-order valence-electron chi connectivity index (χ4n) is 3.98. The minimum Gasteiger partial charge on any atom is -0.354 e. The highest BCUT2D eigenvalue weighted by molar-refractivity contribution is 7.92. The lowest BCUT2D eigenvalue weighted by atomic mass is 10.1. The maximum Gasteiger partial charge on any atom is 0.264 e. The molecular weight excluding hydrogens is 522 g/mol. The van der Waals surface area contributed by atoms with Crippen molar-refractivity contribution in [1.82, 2.24) is 10.2 Å². The monoisotopic (exact) mass is 555 g/mol. The first-order valence-electron chi connectivity index (χ1n) is 12.5. The van der Waals surface area contributed by atoms with Crippen LogP contribution in [0.25, 0.3) is 0 Å². The highest BCUT2D eigenvalue weighted by Gasteiger charge is 2.33. The standard InChI is InChI=1S/C29H34ClN3O4S/c1-5-18-31-29(35)23(4)32(19-24-10-7-6-8-11-24)28(34)20-33(27-13-9-12-26(30)22(27)3)38(36,37)25-16-14-21(2)15-17-25/h6-17,23H,5,18-20H2,1-4H3,(H,31,35)/t23-/m1/s1. The lowest BCUT2D eigenvalue weighted by molar-refractivity contribution is -0.139. The van der Waals surface area contributed by atoms with Gasteiger partial charge in [-0.1, -0.05) is 72.6 Å². The predicted octanol–water partition coefficient (Wildman–Crippen LogP) is 5.10. The molecule has 0 saturated carbocycles. The van der Waals surface area contributed by atoms with E-state index in [-0.39, 0.29) is 17.3 Å². The molecule has 0 heterocycles. The summed E-state index contributed by atoms with van der Waals surface area (Å²) in [5, 5.41) is 3.22. The van der Waals surface area contributed by atoms with E-state index < -0.39 is 28.5 Å². The van der Waals surface area contributed by atoms with E-state index in [1.807, 2.05) is 44.2 Å². The Balaban J connectivity index is 2.05. The summed E-state index contributed by atoms with van der Waals surface area (Å²) in [5.41, 5.74) is 2.56. The Bertz CT molecular complexity index is 1360. The van der Waals surface area contributed by atoms with Crippen molar-refractivity contribution in [3.8, 4) is 0 Å². The summed E-state index contributed by atoms with van der Waals surface area (Å²) in [6.07, 6.45) is 0.752. The second-order valence-corrected chi connectivity index (χ2v) is 11.5. The summed E-state index contributed by atoms with van der Waals surface area (Å²) in [6, 6.07) is 19.9. The SMILES string of the molecule is CCCNC(=O)[C@@H](C)N(Cc1ccccc1)C(=O)CN(c1cccc(Cl)c1C)S(=O)(=O)c1ccc(C)cc1. The van der Waals surface area contributed by atoms with E-state index in [0.29, 0.717) is 22.8 Å². The molecule has 0 aromatic heterocycles. The molecule has 2 amide bonds. The second-order valence-electron chi connectivity index (χ2n) is 9.18. The molecule has 1 atom stereocenters. The lowest BCUT2D eigenvalue weighted by Gasteiger charge is -2.32. The Kier molecular flexibility index (Phi) is 9.94. The van der Waals surface area contributed by atoms with Crippen LogP contribution in [0.5, 0.6) is 0 Å². The van der Waals surface area contributed by atoms with Crippen molar-refractivity contribution in [2.45, 2.75) is 51.6 Å². The summed E-state index contributed by atoms with van der Waals surface area (Å²) in [5.74, 6) is -0.814. The number of anilines is 1. The van der Waals surface area contributed by atoms with Crippen molar-refractivity contribution in [2.75, 3.05) is 17.4 Å². The fraction of sp³-hybridized carbons (Fsp3) is 0.310. The molecule has 0 aliphatic carbocycles. The number of nitrogens with one attached hydrogen (secondary N) is 1. The summed E-state index contributed by atoms with van der Waals surface area (Å²) in [6.45, 7) is 7.29. The van der Waals surface area contributed by atoms with E-state index in [1.54, 1.807) is 44.2 Å². The largest absolute Gasteiger partial charge is 0.354 e. The number of amides is 2. The minimum absolute atomic E-state index is 0.0543. The molecule has 3 rings (SSSR count).